The first kappa shape index (κ1) is 18.6. The van der Waals surface area contributed by atoms with E-state index in [1.807, 2.05) is 37.4 Å². The van der Waals surface area contributed by atoms with Crippen LogP contribution in [0, 0.1) is 18.3 Å². The molecule has 3 heterocycles. The Balaban J connectivity index is 2.18. The number of thiazole rings is 1. The van der Waals surface area contributed by atoms with Crippen molar-refractivity contribution in [1.29, 1.82) is 5.26 Å². The molecule has 3 rings (SSSR count). The van der Waals surface area contributed by atoms with Gasteiger partial charge in [-0.25, -0.2) is 0 Å². The molecule has 0 N–H and O–H groups in total. The highest BCUT2D eigenvalue weighted by Gasteiger charge is 2.23. The van der Waals surface area contributed by atoms with Crippen LogP contribution in [0.5, 0.6) is 0 Å². The van der Waals surface area contributed by atoms with Crippen molar-refractivity contribution in [3.8, 4) is 6.07 Å². The summed E-state index contributed by atoms with van der Waals surface area (Å²) in [6.45, 7) is 6.08. The summed E-state index contributed by atoms with van der Waals surface area (Å²) in [6, 6.07) is 4.02. The highest BCUT2D eigenvalue weighted by molar-refractivity contribution is 7.11. The van der Waals surface area contributed by atoms with Gasteiger partial charge in [0.15, 0.2) is 5.57 Å². The molecule has 1 fully saturated rings. The zero-order valence-corrected chi connectivity index (χ0v) is 16.3. The molecule has 0 unspecified atom stereocenters. The van der Waals surface area contributed by atoms with Crippen LogP contribution in [0.3, 0.4) is 0 Å². The molecular formula is C18H19N3O3S2. The normalized spacial score (nSPS) is 16.5. The first-order chi connectivity index (χ1) is 12.6. The van der Waals surface area contributed by atoms with Crippen LogP contribution < -0.4 is 14.8 Å². The largest absolute Gasteiger partial charge is 0.378 e. The first-order valence-corrected chi connectivity index (χ1v) is 10.0. The van der Waals surface area contributed by atoms with E-state index in [0.29, 0.717) is 42.0 Å². The average Bonchev–Trinajstić information content (AvgIpc) is 3.20. The molecule has 1 saturated heterocycles. The molecule has 26 heavy (non-hydrogen) atoms. The summed E-state index contributed by atoms with van der Waals surface area (Å²) in [4.78, 5) is 28.2. The second-order valence-corrected chi connectivity index (χ2v) is 7.80. The van der Waals surface area contributed by atoms with Crippen LogP contribution in [0.4, 0.5) is 0 Å². The molecule has 0 radical (unpaired) electrons. The smallest absolute Gasteiger partial charge is 0.269 e. The van der Waals surface area contributed by atoms with Crippen LogP contribution >= 0.6 is 22.7 Å². The number of carbonyl (C=O) groups excluding carboxylic acids is 1. The lowest BCUT2D eigenvalue weighted by Gasteiger charge is -2.26. The van der Waals surface area contributed by atoms with E-state index in [4.69, 9.17) is 4.74 Å². The Kier molecular flexibility index (Phi) is 5.71. The van der Waals surface area contributed by atoms with Crippen molar-refractivity contribution < 1.29 is 9.53 Å². The fourth-order valence-corrected chi connectivity index (χ4v) is 4.83. The summed E-state index contributed by atoms with van der Waals surface area (Å²) < 4.78 is 7.74. The first-order valence-electron chi connectivity index (χ1n) is 8.33. The molecule has 0 atom stereocenters. The fraction of sp³-hybridized carbons (Fsp3) is 0.389. The number of nitrogens with zero attached hydrogens (tertiary/aromatic N) is 3. The molecule has 0 saturated carbocycles. The molecular weight excluding hydrogens is 370 g/mol. The van der Waals surface area contributed by atoms with E-state index in [2.05, 4.69) is 0 Å². The van der Waals surface area contributed by atoms with Crippen LogP contribution in [0.15, 0.2) is 16.2 Å². The van der Waals surface area contributed by atoms with Gasteiger partial charge in [0.25, 0.3) is 11.5 Å². The standard InChI is InChI=1S/C18H19N3O3S2/c1-3-21-17(23)15(10-14-12(2)4-9-25-14)26-18(21)13(11-19)16(22)20-5-7-24-8-6-20/h4,9-10H,3,5-8H2,1-2H3/b15-10-,18-13-. The zero-order valence-electron chi connectivity index (χ0n) is 14.7. The summed E-state index contributed by atoms with van der Waals surface area (Å²) in [5, 5.41) is 11.6. The molecule has 1 amide bonds. The molecule has 1 aliphatic heterocycles. The van der Waals surface area contributed by atoms with Gasteiger partial charge in [-0.3, -0.25) is 14.2 Å². The highest BCUT2D eigenvalue weighted by Crippen LogP contribution is 2.15. The van der Waals surface area contributed by atoms with Crippen molar-refractivity contribution in [2.75, 3.05) is 26.3 Å². The molecule has 2 aromatic heterocycles. The number of nitriles is 1. The summed E-state index contributed by atoms with van der Waals surface area (Å²) in [7, 11) is 0. The molecule has 0 aromatic carbocycles. The topological polar surface area (TPSA) is 75.3 Å². The lowest BCUT2D eigenvalue weighted by atomic mass is 10.2. The van der Waals surface area contributed by atoms with Gasteiger partial charge in [0, 0.05) is 24.5 Å². The minimum absolute atomic E-state index is 0.0263. The summed E-state index contributed by atoms with van der Waals surface area (Å²) in [5.41, 5.74) is 0.961. The lowest BCUT2D eigenvalue weighted by Crippen LogP contribution is -2.42. The number of aryl methyl sites for hydroxylation is 1. The molecule has 0 aliphatic carbocycles. The maximum atomic E-state index is 12.8. The Morgan fingerprint density at radius 2 is 2.15 bits per heavy atom. The van der Waals surface area contributed by atoms with E-state index >= 15 is 0 Å². The Bertz CT molecular complexity index is 1030. The van der Waals surface area contributed by atoms with Crippen molar-refractivity contribution >= 4 is 40.2 Å². The van der Waals surface area contributed by atoms with Gasteiger partial charge in [0.2, 0.25) is 0 Å². The quantitative estimate of drug-likeness (QED) is 0.773. The Labute approximate surface area is 158 Å². The van der Waals surface area contributed by atoms with Gasteiger partial charge in [-0.2, -0.15) is 5.26 Å². The monoisotopic (exact) mass is 389 g/mol. The van der Waals surface area contributed by atoms with Gasteiger partial charge < -0.3 is 9.64 Å². The highest BCUT2D eigenvalue weighted by atomic mass is 32.1. The second-order valence-electron chi connectivity index (χ2n) is 5.82. The van der Waals surface area contributed by atoms with E-state index in [9.17, 15) is 14.9 Å². The van der Waals surface area contributed by atoms with Gasteiger partial charge in [0.05, 0.1) is 17.7 Å². The van der Waals surface area contributed by atoms with Gasteiger partial charge >= 0.3 is 0 Å². The fourth-order valence-electron chi connectivity index (χ4n) is 2.76. The number of carbonyl (C=O) groups is 1. The lowest BCUT2D eigenvalue weighted by molar-refractivity contribution is -0.128. The van der Waals surface area contributed by atoms with Gasteiger partial charge in [0.1, 0.15) is 10.7 Å². The molecule has 136 valence electrons. The molecule has 0 spiro atoms. The Morgan fingerprint density at radius 3 is 2.73 bits per heavy atom. The minimum Gasteiger partial charge on any atom is -0.378 e. The third kappa shape index (κ3) is 3.51. The van der Waals surface area contributed by atoms with Crippen LogP contribution in [0.2, 0.25) is 0 Å². The molecule has 0 bridgehead atoms. The second kappa shape index (κ2) is 7.99. The molecule has 8 heteroatoms. The Morgan fingerprint density at radius 1 is 1.42 bits per heavy atom. The van der Waals surface area contributed by atoms with E-state index < -0.39 is 0 Å². The number of thiophene rings is 1. The van der Waals surface area contributed by atoms with E-state index in [1.165, 1.54) is 15.9 Å². The number of hydrogen-bond acceptors (Lipinski definition) is 6. The van der Waals surface area contributed by atoms with Crippen LogP contribution in [0.25, 0.3) is 11.6 Å². The van der Waals surface area contributed by atoms with Gasteiger partial charge in [-0.05, 0) is 36.9 Å². The summed E-state index contributed by atoms with van der Waals surface area (Å²) in [6.07, 6.45) is 1.84. The predicted molar refractivity (Wildman–Crippen MR) is 103 cm³/mol. The van der Waals surface area contributed by atoms with Crippen molar-refractivity contribution in [3.63, 3.8) is 0 Å². The van der Waals surface area contributed by atoms with Gasteiger partial charge in [-0.1, -0.05) is 0 Å². The summed E-state index contributed by atoms with van der Waals surface area (Å²) in [5.74, 6) is -0.335. The third-order valence-corrected chi connectivity index (χ3v) is 6.32. The van der Waals surface area contributed by atoms with Crippen LogP contribution in [-0.4, -0.2) is 41.7 Å². The zero-order chi connectivity index (χ0) is 18.7. The van der Waals surface area contributed by atoms with Crippen molar-refractivity contribution in [3.05, 3.63) is 41.4 Å². The number of hydrogen-bond donors (Lipinski definition) is 0. The van der Waals surface area contributed by atoms with Crippen molar-refractivity contribution in [1.82, 2.24) is 9.47 Å². The number of morpholine rings is 1. The van der Waals surface area contributed by atoms with E-state index in [1.54, 1.807) is 16.2 Å². The SMILES string of the molecule is CCn1c(=O)/c(=C/c2sccc2C)s/c1=C(/C#N)C(=O)N1CCOCC1. The van der Waals surface area contributed by atoms with Crippen LogP contribution in [-0.2, 0) is 16.1 Å². The maximum Gasteiger partial charge on any atom is 0.269 e. The van der Waals surface area contributed by atoms with Crippen molar-refractivity contribution in [2.45, 2.75) is 20.4 Å². The minimum atomic E-state index is -0.335. The molecule has 6 nitrogen and oxygen atoms in total. The maximum absolute atomic E-state index is 12.8. The summed E-state index contributed by atoms with van der Waals surface area (Å²) >= 11 is 2.77. The predicted octanol–water partition coefficient (Wildman–Crippen LogP) is 0.661. The number of amides is 1. The van der Waals surface area contributed by atoms with E-state index in [-0.39, 0.29) is 17.0 Å². The third-order valence-electron chi connectivity index (χ3n) is 4.23. The number of ether oxygens (including phenoxy) is 1. The molecule has 2 aromatic rings. The van der Waals surface area contributed by atoms with E-state index in [0.717, 1.165) is 10.4 Å². The average molecular weight is 390 g/mol. The number of aromatic nitrogens is 1. The van der Waals surface area contributed by atoms with Gasteiger partial charge in [-0.15, -0.1) is 22.7 Å². The van der Waals surface area contributed by atoms with Crippen LogP contribution in [0.1, 0.15) is 17.4 Å². The Hall–Kier alpha value is -2.21. The number of rotatable bonds is 3. The molecule has 1 aliphatic rings. The van der Waals surface area contributed by atoms with Crippen molar-refractivity contribution in [2.24, 2.45) is 0 Å².